The zero-order chi connectivity index (χ0) is 9.97. The fraction of sp³-hybridized carbons (Fsp3) is 0.200. The Morgan fingerprint density at radius 1 is 1.29 bits per heavy atom. The van der Waals surface area contributed by atoms with E-state index in [-0.39, 0.29) is 0 Å². The van der Waals surface area contributed by atoms with Gasteiger partial charge in [0.1, 0.15) is 5.69 Å². The average Bonchev–Trinajstić information content (AvgIpc) is 2.65. The maximum absolute atomic E-state index is 5.42. The minimum absolute atomic E-state index is 0.801. The number of rotatable bonds is 2. The number of aromatic nitrogens is 3. The molecular weight excluding hydrogens is 176 g/mol. The number of benzene rings is 1. The Labute approximate surface area is 82.3 Å². The zero-order valence-electron chi connectivity index (χ0n) is 8.01. The van der Waals surface area contributed by atoms with Crippen LogP contribution in [0.15, 0.2) is 30.5 Å². The molecule has 0 amide bonds. The van der Waals surface area contributed by atoms with Gasteiger partial charge in [-0.3, -0.25) is 0 Å². The molecule has 14 heavy (non-hydrogen) atoms. The topological polar surface area (TPSA) is 56.7 Å². The summed E-state index contributed by atoms with van der Waals surface area (Å²) in [5.41, 5.74) is 3.16. The van der Waals surface area contributed by atoms with E-state index >= 15 is 0 Å². The van der Waals surface area contributed by atoms with Crippen LogP contribution in [-0.2, 0) is 6.42 Å². The van der Waals surface area contributed by atoms with Crippen LogP contribution < -0.4 is 5.84 Å². The fourth-order valence-electron chi connectivity index (χ4n) is 1.32. The van der Waals surface area contributed by atoms with Crippen LogP contribution in [0.5, 0.6) is 0 Å². The van der Waals surface area contributed by atoms with E-state index in [1.54, 1.807) is 6.20 Å². The molecule has 2 aromatic rings. The van der Waals surface area contributed by atoms with Crippen molar-refractivity contribution in [3.63, 3.8) is 0 Å². The largest absolute Gasteiger partial charge is 0.322 e. The Morgan fingerprint density at radius 2 is 2.00 bits per heavy atom. The summed E-state index contributed by atoms with van der Waals surface area (Å²) in [6, 6.07) is 8.24. The van der Waals surface area contributed by atoms with Gasteiger partial charge in [0.2, 0.25) is 0 Å². The smallest absolute Gasteiger partial charge is 0.115 e. The zero-order valence-corrected chi connectivity index (χ0v) is 8.01. The molecule has 0 atom stereocenters. The predicted molar refractivity (Wildman–Crippen MR) is 55.0 cm³/mol. The summed E-state index contributed by atoms with van der Waals surface area (Å²) in [6.45, 7) is 2.13. The maximum atomic E-state index is 5.42. The Bertz CT molecular complexity index is 416. The maximum Gasteiger partial charge on any atom is 0.115 e. The first-order valence-corrected chi connectivity index (χ1v) is 4.56. The van der Waals surface area contributed by atoms with E-state index in [2.05, 4.69) is 29.4 Å². The summed E-state index contributed by atoms with van der Waals surface area (Å²) in [6.07, 6.45) is 2.74. The Kier molecular flexibility index (Phi) is 2.18. The minimum atomic E-state index is 0.801. The average molecular weight is 188 g/mol. The summed E-state index contributed by atoms with van der Waals surface area (Å²) in [5, 5.41) is 7.61. The standard InChI is InChI=1S/C10H12N4/c1-2-8-3-5-9(6-4-8)10-7-14(11)13-12-10/h3-7H,2,11H2,1H3. The lowest BCUT2D eigenvalue weighted by Gasteiger charge is -1.97. The summed E-state index contributed by atoms with van der Waals surface area (Å²) < 4.78 is 0. The quantitative estimate of drug-likeness (QED) is 0.721. The van der Waals surface area contributed by atoms with Crippen LogP contribution in [0.3, 0.4) is 0 Å². The van der Waals surface area contributed by atoms with E-state index in [0.717, 1.165) is 17.7 Å². The third-order valence-electron chi connectivity index (χ3n) is 2.17. The van der Waals surface area contributed by atoms with Crippen molar-refractivity contribution in [1.82, 2.24) is 15.1 Å². The SMILES string of the molecule is CCc1ccc(-c2cn(N)nn2)cc1. The van der Waals surface area contributed by atoms with Crippen molar-refractivity contribution in [3.05, 3.63) is 36.0 Å². The van der Waals surface area contributed by atoms with Crippen molar-refractivity contribution in [2.24, 2.45) is 0 Å². The van der Waals surface area contributed by atoms with Gasteiger partial charge >= 0.3 is 0 Å². The number of hydrogen-bond donors (Lipinski definition) is 1. The van der Waals surface area contributed by atoms with E-state index in [4.69, 9.17) is 5.84 Å². The Balaban J connectivity index is 2.33. The highest BCUT2D eigenvalue weighted by atomic mass is 15.6. The molecule has 0 aliphatic rings. The van der Waals surface area contributed by atoms with Gasteiger partial charge in [-0.1, -0.05) is 31.2 Å². The molecule has 0 bridgehead atoms. The number of nitrogens with zero attached hydrogens (tertiary/aromatic N) is 3. The molecule has 0 saturated heterocycles. The van der Waals surface area contributed by atoms with Gasteiger partial charge in [-0.2, -0.15) is 4.79 Å². The van der Waals surface area contributed by atoms with Crippen LogP contribution in [-0.4, -0.2) is 15.1 Å². The highest BCUT2D eigenvalue weighted by Gasteiger charge is 2.01. The monoisotopic (exact) mass is 188 g/mol. The molecule has 0 spiro atoms. The highest BCUT2D eigenvalue weighted by Crippen LogP contribution is 2.16. The van der Waals surface area contributed by atoms with Gasteiger partial charge in [0.15, 0.2) is 0 Å². The highest BCUT2D eigenvalue weighted by molar-refractivity contribution is 5.57. The van der Waals surface area contributed by atoms with Crippen LogP contribution in [0.25, 0.3) is 11.3 Å². The van der Waals surface area contributed by atoms with E-state index in [9.17, 15) is 0 Å². The third kappa shape index (κ3) is 1.59. The minimum Gasteiger partial charge on any atom is -0.322 e. The summed E-state index contributed by atoms with van der Waals surface area (Å²) in [4.78, 5) is 1.21. The first kappa shape index (κ1) is 8.74. The molecule has 2 rings (SSSR count). The van der Waals surface area contributed by atoms with Gasteiger partial charge in [-0.05, 0) is 17.2 Å². The first-order valence-electron chi connectivity index (χ1n) is 4.56. The van der Waals surface area contributed by atoms with Crippen molar-refractivity contribution in [2.75, 3.05) is 5.84 Å². The second-order valence-electron chi connectivity index (χ2n) is 3.13. The second-order valence-corrected chi connectivity index (χ2v) is 3.13. The summed E-state index contributed by atoms with van der Waals surface area (Å²) >= 11 is 0. The van der Waals surface area contributed by atoms with E-state index in [1.807, 2.05) is 12.1 Å². The third-order valence-corrected chi connectivity index (χ3v) is 2.17. The molecule has 1 aromatic heterocycles. The molecule has 0 fully saturated rings. The Morgan fingerprint density at radius 3 is 2.50 bits per heavy atom. The normalized spacial score (nSPS) is 10.4. The summed E-state index contributed by atoms with van der Waals surface area (Å²) in [5.74, 6) is 5.42. The van der Waals surface area contributed by atoms with Gasteiger partial charge in [0.05, 0.1) is 6.20 Å². The molecule has 0 radical (unpaired) electrons. The lowest BCUT2D eigenvalue weighted by molar-refractivity contribution is 0.766. The molecule has 0 saturated carbocycles. The molecule has 2 N–H and O–H groups in total. The van der Waals surface area contributed by atoms with Crippen LogP contribution >= 0.6 is 0 Å². The first-order chi connectivity index (χ1) is 6.79. The van der Waals surface area contributed by atoms with Crippen molar-refractivity contribution < 1.29 is 0 Å². The molecule has 72 valence electrons. The molecular formula is C10H12N4. The van der Waals surface area contributed by atoms with Crippen molar-refractivity contribution in [3.8, 4) is 11.3 Å². The van der Waals surface area contributed by atoms with Gasteiger partial charge < -0.3 is 5.84 Å². The van der Waals surface area contributed by atoms with Crippen LogP contribution in [0.2, 0.25) is 0 Å². The van der Waals surface area contributed by atoms with Gasteiger partial charge in [0, 0.05) is 5.56 Å². The van der Waals surface area contributed by atoms with E-state index in [0.29, 0.717) is 0 Å². The van der Waals surface area contributed by atoms with Gasteiger partial charge in [0.25, 0.3) is 0 Å². The van der Waals surface area contributed by atoms with Crippen LogP contribution in [0, 0.1) is 0 Å². The molecule has 1 aromatic carbocycles. The summed E-state index contributed by atoms with van der Waals surface area (Å²) in [7, 11) is 0. The number of hydrogen-bond acceptors (Lipinski definition) is 3. The molecule has 1 heterocycles. The van der Waals surface area contributed by atoms with Crippen molar-refractivity contribution >= 4 is 0 Å². The van der Waals surface area contributed by atoms with Crippen LogP contribution in [0.1, 0.15) is 12.5 Å². The van der Waals surface area contributed by atoms with Crippen LogP contribution in [0.4, 0.5) is 0 Å². The van der Waals surface area contributed by atoms with E-state index < -0.39 is 0 Å². The molecule has 4 nitrogen and oxygen atoms in total. The van der Waals surface area contributed by atoms with Crippen molar-refractivity contribution in [1.29, 1.82) is 0 Å². The lowest BCUT2D eigenvalue weighted by Crippen LogP contribution is -2.07. The van der Waals surface area contributed by atoms with E-state index in [1.165, 1.54) is 10.4 Å². The second kappa shape index (κ2) is 3.49. The fourth-order valence-corrected chi connectivity index (χ4v) is 1.32. The number of nitrogen functional groups attached to an aromatic ring is 1. The number of aryl methyl sites for hydroxylation is 1. The molecule has 4 heteroatoms. The van der Waals surface area contributed by atoms with Gasteiger partial charge in [-0.15, -0.1) is 5.10 Å². The van der Waals surface area contributed by atoms with Crippen molar-refractivity contribution in [2.45, 2.75) is 13.3 Å². The van der Waals surface area contributed by atoms with Gasteiger partial charge in [-0.25, -0.2) is 0 Å². The molecule has 0 aliphatic heterocycles. The predicted octanol–water partition coefficient (Wildman–Crippen LogP) is 1.22. The molecule has 0 unspecified atom stereocenters. The Hall–Kier alpha value is -1.84. The molecule has 0 aliphatic carbocycles. The number of nitrogens with two attached hydrogens (primary N) is 1. The lowest BCUT2D eigenvalue weighted by atomic mass is 10.1.